The van der Waals surface area contributed by atoms with Crippen LogP contribution in [0.25, 0.3) is 5.52 Å². The molecule has 1 N–H and O–H groups in total. The van der Waals surface area contributed by atoms with E-state index in [0.717, 1.165) is 42.5 Å². The van der Waals surface area contributed by atoms with Gasteiger partial charge in [0.1, 0.15) is 5.75 Å². The highest BCUT2D eigenvalue weighted by molar-refractivity contribution is 5.50. The van der Waals surface area contributed by atoms with E-state index in [1.165, 1.54) is 30.5 Å². The van der Waals surface area contributed by atoms with Crippen molar-refractivity contribution in [2.45, 2.75) is 62.8 Å². The number of pyridine rings is 1. The molecule has 0 bridgehead atoms. The van der Waals surface area contributed by atoms with Crippen LogP contribution in [0.3, 0.4) is 0 Å². The van der Waals surface area contributed by atoms with Crippen molar-refractivity contribution >= 4 is 5.52 Å². The number of halogens is 3. The van der Waals surface area contributed by atoms with Crippen LogP contribution >= 0.6 is 0 Å². The van der Waals surface area contributed by atoms with Crippen molar-refractivity contribution in [1.29, 1.82) is 0 Å². The zero-order valence-corrected chi connectivity index (χ0v) is 17.1. The van der Waals surface area contributed by atoms with Gasteiger partial charge in [-0.25, -0.2) is 4.98 Å². The molecule has 0 saturated heterocycles. The number of benzene rings is 1. The Labute approximate surface area is 178 Å². The number of aliphatic hydroxyl groups excluding tert-OH is 1. The van der Waals surface area contributed by atoms with Gasteiger partial charge >= 0.3 is 6.36 Å². The number of fused-ring (bicyclic) bond motifs is 1. The van der Waals surface area contributed by atoms with Gasteiger partial charge in [-0.1, -0.05) is 18.2 Å². The number of aromatic nitrogens is 2. The van der Waals surface area contributed by atoms with E-state index < -0.39 is 12.5 Å². The molecule has 31 heavy (non-hydrogen) atoms. The van der Waals surface area contributed by atoms with Gasteiger partial charge < -0.3 is 14.2 Å². The highest BCUT2D eigenvalue weighted by Crippen LogP contribution is 2.47. The molecule has 0 amide bonds. The van der Waals surface area contributed by atoms with Gasteiger partial charge in [-0.3, -0.25) is 0 Å². The maximum Gasteiger partial charge on any atom is 0.573 e. The monoisotopic (exact) mass is 430 g/mol. The van der Waals surface area contributed by atoms with Crippen LogP contribution in [0.4, 0.5) is 13.2 Å². The summed E-state index contributed by atoms with van der Waals surface area (Å²) in [6.45, 7) is 0. The molecule has 0 unspecified atom stereocenters. The lowest BCUT2D eigenvalue weighted by Crippen LogP contribution is -2.22. The molecule has 2 fully saturated rings. The highest BCUT2D eigenvalue weighted by Gasteiger charge is 2.35. The molecule has 0 radical (unpaired) electrons. The van der Waals surface area contributed by atoms with Gasteiger partial charge in [-0.2, -0.15) is 0 Å². The predicted octanol–water partition coefficient (Wildman–Crippen LogP) is 6.12. The van der Waals surface area contributed by atoms with Crippen LogP contribution < -0.4 is 4.74 Å². The molecule has 0 spiro atoms. The van der Waals surface area contributed by atoms with Crippen molar-refractivity contribution in [3.05, 3.63) is 65.7 Å². The molecule has 1 atom stereocenters. The summed E-state index contributed by atoms with van der Waals surface area (Å²) in [4.78, 5) is 4.26. The van der Waals surface area contributed by atoms with Crippen molar-refractivity contribution in [1.82, 2.24) is 9.38 Å². The summed E-state index contributed by atoms with van der Waals surface area (Å²) in [7, 11) is 0. The maximum absolute atomic E-state index is 12.4. The van der Waals surface area contributed by atoms with E-state index in [2.05, 4.69) is 21.9 Å². The van der Waals surface area contributed by atoms with Crippen molar-refractivity contribution in [2.75, 3.05) is 0 Å². The summed E-state index contributed by atoms with van der Waals surface area (Å²) in [6, 6.07) is 10.4. The molecule has 2 aliphatic rings. The lowest BCUT2D eigenvalue weighted by Gasteiger charge is -2.33. The number of hydrogen-bond acceptors (Lipinski definition) is 3. The minimum Gasteiger partial charge on any atom is -0.406 e. The van der Waals surface area contributed by atoms with Crippen LogP contribution in [0.15, 0.2) is 48.9 Å². The number of rotatable bonds is 5. The Bertz CT molecular complexity index is 1050. The summed E-state index contributed by atoms with van der Waals surface area (Å²) in [5, 5.41) is 11.3. The van der Waals surface area contributed by atoms with E-state index in [-0.39, 0.29) is 17.6 Å². The van der Waals surface area contributed by atoms with Gasteiger partial charge in [-0.05, 0) is 85.6 Å². The average Bonchev–Trinajstić information content (AvgIpc) is 3.48. The van der Waals surface area contributed by atoms with Gasteiger partial charge in [0.25, 0.3) is 0 Å². The van der Waals surface area contributed by atoms with Gasteiger partial charge in [0.05, 0.1) is 29.8 Å². The topological polar surface area (TPSA) is 46.8 Å². The van der Waals surface area contributed by atoms with Crippen molar-refractivity contribution in [2.24, 2.45) is 5.92 Å². The average molecular weight is 430 g/mol. The zero-order chi connectivity index (χ0) is 21.6. The largest absolute Gasteiger partial charge is 0.573 e. The normalized spacial score (nSPS) is 23.1. The lowest BCUT2D eigenvalue weighted by atomic mass is 9.75. The minimum atomic E-state index is -4.67. The van der Waals surface area contributed by atoms with E-state index in [4.69, 9.17) is 0 Å². The van der Waals surface area contributed by atoms with Crippen LogP contribution in [0.2, 0.25) is 0 Å². The highest BCUT2D eigenvalue weighted by atomic mass is 19.4. The number of aliphatic hydroxyl groups is 1. The molecule has 164 valence electrons. The molecule has 7 heteroatoms. The summed E-state index contributed by atoms with van der Waals surface area (Å²) < 4.78 is 43.1. The Hall–Kier alpha value is -2.54. The standard InChI is InChI=1S/C24H25F3N2O2/c25-24(26,27)31-20-10-7-16(8-11-20)15-1-5-18(6-2-15)23(30)22-21(17-3-4-17)12-9-19-13-28-14-29(19)22/h7-15,17-18,23,30H,1-6H2/t15?,18?,23-/m1/s1. The molecule has 2 heterocycles. The second kappa shape index (κ2) is 7.86. The van der Waals surface area contributed by atoms with Crippen LogP contribution in [0, 0.1) is 5.92 Å². The second-order valence-electron chi connectivity index (χ2n) is 8.81. The Balaban J connectivity index is 1.28. The third-order valence-electron chi connectivity index (χ3n) is 6.76. The van der Waals surface area contributed by atoms with Gasteiger partial charge in [0.15, 0.2) is 0 Å². The van der Waals surface area contributed by atoms with Gasteiger partial charge in [0.2, 0.25) is 0 Å². The first-order chi connectivity index (χ1) is 14.9. The first kappa shape index (κ1) is 20.4. The third-order valence-corrected chi connectivity index (χ3v) is 6.76. The quantitative estimate of drug-likeness (QED) is 0.531. The first-order valence-corrected chi connectivity index (χ1v) is 10.9. The molecular weight excluding hydrogens is 405 g/mol. The minimum absolute atomic E-state index is 0.162. The Morgan fingerprint density at radius 3 is 2.26 bits per heavy atom. The smallest absolute Gasteiger partial charge is 0.406 e. The van der Waals surface area contributed by atoms with E-state index in [9.17, 15) is 18.3 Å². The number of ether oxygens (including phenoxy) is 1. The summed E-state index contributed by atoms with van der Waals surface area (Å²) >= 11 is 0. The van der Waals surface area contributed by atoms with Crippen LogP contribution in [0.1, 0.15) is 73.3 Å². The van der Waals surface area contributed by atoms with E-state index in [0.29, 0.717) is 5.92 Å². The fourth-order valence-corrected chi connectivity index (χ4v) is 5.02. The Morgan fingerprint density at radius 1 is 0.935 bits per heavy atom. The fraction of sp³-hybridized carbons (Fsp3) is 0.458. The summed E-state index contributed by atoms with van der Waals surface area (Å²) in [5.41, 5.74) is 4.24. The van der Waals surface area contributed by atoms with Crippen LogP contribution in [0.5, 0.6) is 5.75 Å². The molecule has 2 saturated carbocycles. The molecule has 4 nitrogen and oxygen atoms in total. The van der Waals surface area contributed by atoms with Crippen molar-refractivity contribution in [3.63, 3.8) is 0 Å². The SMILES string of the molecule is O[C@@H](c1c(C2CC2)ccc2cncn12)C1CCC(c2ccc(OC(F)(F)F)cc2)CC1. The Kier molecular flexibility index (Phi) is 5.16. The molecule has 0 aliphatic heterocycles. The van der Waals surface area contributed by atoms with Crippen molar-refractivity contribution < 1.29 is 23.0 Å². The fourth-order valence-electron chi connectivity index (χ4n) is 5.02. The number of alkyl halides is 3. The summed E-state index contributed by atoms with van der Waals surface area (Å²) in [6.07, 6.45) is 4.28. The molecule has 3 aromatic rings. The molecule has 5 rings (SSSR count). The van der Waals surface area contributed by atoms with Gasteiger partial charge in [-0.15, -0.1) is 13.2 Å². The zero-order valence-electron chi connectivity index (χ0n) is 17.1. The van der Waals surface area contributed by atoms with E-state index in [1.54, 1.807) is 18.5 Å². The number of nitrogens with zero attached hydrogens (tertiary/aromatic N) is 2. The second-order valence-corrected chi connectivity index (χ2v) is 8.81. The maximum atomic E-state index is 12.4. The lowest BCUT2D eigenvalue weighted by molar-refractivity contribution is -0.274. The predicted molar refractivity (Wildman–Crippen MR) is 110 cm³/mol. The molecule has 1 aromatic carbocycles. The number of hydrogen-bond donors (Lipinski definition) is 1. The van der Waals surface area contributed by atoms with Crippen LogP contribution in [-0.4, -0.2) is 20.9 Å². The van der Waals surface area contributed by atoms with Crippen LogP contribution in [-0.2, 0) is 0 Å². The van der Waals surface area contributed by atoms with Crippen molar-refractivity contribution in [3.8, 4) is 5.75 Å². The Morgan fingerprint density at radius 2 is 1.61 bits per heavy atom. The number of imidazole rings is 1. The summed E-state index contributed by atoms with van der Waals surface area (Å²) in [5.74, 6) is 0.788. The van der Waals surface area contributed by atoms with E-state index in [1.807, 2.05) is 10.6 Å². The third kappa shape index (κ3) is 4.28. The molecular formula is C24H25F3N2O2. The first-order valence-electron chi connectivity index (χ1n) is 10.9. The molecule has 2 aliphatic carbocycles. The van der Waals surface area contributed by atoms with Gasteiger partial charge in [0, 0.05) is 0 Å². The van der Waals surface area contributed by atoms with E-state index >= 15 is 0 Å². The molecule has 2 aromatic heterocycles.